The van der Waals surface area contributed by atoms with Crippen LogP contribution in [0.15, 0.2) is 4.52 Å². The van der Waals surface area contributed by atoms with Crippen molar-refractivity contribution in [3.8, 4) is 0 Å². The number of methoxy groups -OCH3 is 1. The molecule has 6 heteroatoms. The first-order valence-corrected chi connectivity index (χ1v) is 11.3. The van der Waals surface area contributed by atoms with E-state index in [0.717, 1.165) is 69.2 Å². The minimum absolute atomic E-state index is 0.118. The third-order valence-corrected chi connectivity index (χ3v) is 7.19. The fraction of sp³-hybridized carbons (Fsp3) is 0.864. The zero-order valence-electron chi connectivity index (χ0n) is 17.3. The van der Waals surface area contributed by atoms with Gasteiger partial charge >= 0.3 is 0 Å². The van der Waals surface area contributed by atoms with Crippen LogP contribution in [0.25, 0.3) is 0 Å². The molecular weight excluding hydrogens is 354 g/mol. The maximum absolute atomic E-state index is 12.8. The summed E-state index contributed by atoms with van der Waals surface area (Å²) in [6.07, 6.45) is 13.5. The van der Waals surface area contributed by atoms with Crippen molar-refractivity contribution in [1.82, 2.24) is 15.0 Å². The first-order chi connectivity index (χ1) is 13.7. The van der Waals surface area contributed by atoms with Crippen LogP contribution < -0.4 is 0 Å². The average molecular weight is 390 g/mol. The first-order valence-electron chi connectivity index (χ1n) is 11.3. The Bertz CT molecular complexity index is 641. The molecule has 3 fully saturated rings. The van der Waals surface area contributed by atoms with Crippen LogP contribution in [0.5, 0.6) is 0 Å². The van der Waals surface area contributed by atoms with Gasteiger partial charge in [0.1, 0.15) is 0 Å². The number of likely N-dealkylation sites (tertiary alicyclic amines) is 1. The van der Waals surface area contributed by atoms with Crippen molar-refractivity contribution >= 4 is 5.91 Å². The highest BCUT2D eigenvalue weighted by atomic mass is 16.5. The fourth-order valence-electron chi connectivity index (χ4n) is 4.98. The van der Waals surface area contributed by atoms with E-state index in [0.29, 0.717) is 24.9 Å². The Morgan fingerprint density at radius 2 is 1.93 bits per heavy atom. The molecule has 1 amide bonds. The average Bonchev–Trinajstić information content (AvgIpc) is 3.48. The molecule has 1 aliphatic heterocycles. The predicted octanol–water partition coefficient (Wildman–Crippen LogP) is 4.20. The summed E-state index contributed by atoms with van der Waals surface area (Å²) in [5.74, 6) is 3.21. The Hall–Kier alpha value is -1.43. The second-order valence-electron chi connectivity index (χ2n) is 9.18. The van der Waals surface area contributed by atoms with E-state index in [1.807, 2.05) is 0 Å². The molecule has 1 saturated heterocycles. The Balaban J connectivity index is 1.33. The van der Waals surface area contributed by atoms with Gasteiger partial charge in [-0.1, -0.05) is 37.3 Å². The fourth-order valence-corrected chi connectivity index (χ4v) is 4.98. The summed E-state index contributed by atoms with van der Waals surface area (Å²) in [7, 11) is 1.74. The third-order valence-electron chi connectivity index (χ3n) is 7.19. The number of hydrogen-bond acceptors (Lipinski definition) is 5. The largest absolute Gasteiger partial charge is 0.385 e. The van der Waals surface area contributed by atoms with Gasteiger partial charge < -0.3 is 14.2 Å². The monoisotopic (exact) mass is 389 g/mol. The summed E-state index contributed by atoms with van der Waals surface area (Å²) in [5, 5.41) is 4.35. The molecule has 2 saturated carbocycles. The van der Waals surface area contributed by atoms with E-state index in [1.54, 1.807) is 7.11 Å². The first kappa shape index (κ1) is 19.9. The van der Waals surface area contributed by atoms with Crippen molar-refractivity contribution in [2.75, 3.05) is 26.8 Å². The molecule has 156 valence electrons. The summed E-state index contributed by atoms with van der Waals surface area (Å²) < 4.78 is 10.9. The maximum atomic E-state index is 12.8. The normalized spacial score (nSPS) is 23.1. The van der Waals surface area contributed by atoms with Gasteiger partial charge in [0.2, 0.25) is 11.8 Å². The molecule has 0 unspecified atom stereocenters. The molecule has 0 aromatic carbocycles. The summed E-state index contributed by atoms with van der Waals surface area (Å²) in [4.78, 5) is 19.6. The molecule has 1 aromatic heterocycles. The number of carbonyl (C=O) groups excluding carboxylic acids is 1. The van der Waals surface area contributed by atoms with Crippen LogP contribution >= 0.6 is 0 Å². The van der Waals surface area contributed by atoms with E-state index >= 15 is 0 Å². The number of hydrogen-bond donors (Lipinski definition) is 0. The van der Waals surface area contributed by atoms with Gasteiger partial charge in [-0.25, -0.2) is 0 Å². The van der Waals surface area contributed by atoms with Crippen molar-refractivity contribution in [2.24, 2.45) is 5.92 Å². The SMILES string of the molecule is COCCC1(c2noc(C3CC3)n2)CCN(C(=O)CCC2CCCCC2)CC1. The molecular formula is C22H35N3O3. The predicted molar refractivity (Wildman–Crippen MR) is 106 cm³/mol. The molecule has 4 rings (SSSR count). The maximum Gasteiger partial charge on any atom is 0.229 e. The second-order valence-corrected chi connectivity index (χ2v) is 9.18. The standard InChI is InChI=1S/C22H35N3O3/c1-27-16-13-22(21-23-20(28-24-21)18-8-9-18)11-14-25(15-12-22)19(26)10-7-17-5-3-2-4-6-17/h17-18H,2-16H2,1H3. The molecule has 6 nitrogen and oxygen atoms in total. The van der Waals surface area contributed by atoms with Crippen LogP contribution in [0.1, 0.15) is 94.7 Å². The number of ether oxygens (including phenoxy) is 1. The lowest BCUT2D eigenvalue weighted by Crippen LogP contribution is -2.46. The zero-order chi connectivity index (χ0) is 19.4. The number of nitrogens with zero attached hydrogens (tertiary/aromatic N) is 3. The number of carbonyl (C=O) groups is 1. The highest BCUT2D eigenvalue weighted by molar-refractivity contribution is 5.76. The second kappa shape index (κ2) is 8.93. The Labute approximate surface area is 168 Å². The van der Waals surface area contributed by atoms with Gasteiger partial charge in [-0.15, -0.1) is 0 Å². The molecule has 1 aromatic rings. The van der Waals surface area contributed by atoms with Gasteiger partial charge in [-0.05, 0) is 44.4 Å². The number of aromatic nitrogens is 2. The van der Waals surface area contributed by atoms with E-state index in [9.17, 15) is 4.79 Å². The molecule has 0 bridgehead atoms. The van der Waals surface area contributed by atoms with Crippen LogP contribution in [0.2, 0.25) is 0 Å². The van der Waals surface area contributed by atoms with E-state index in [2.05, 4.69) is 10.1 Å². The molecule has 3 aliphatic rings. The minimum Gasteiger partial charge on any atom is -0.385 e. The van der Waals surface area contributed by atoms with Gasteiger partial charge in [-0.3, -0.25) is 4.79 Å². The zero-order valence-corrected chi connectivity index (χ0v) is 17.3. The van der Waals surface area contributed by atoms with E-state index in [4.69, 9.17) is 14.2 Å². The molecule has 0 atom stereocenters. The molecule has 0 N–H and O–H groups in total. The molecule has 2 aliphatic carbocycles. The quantitative estimate of drug-likeness (QED) is 0.666. The number of rotatable bonds is 8. The lowest BCUT2D eigenvalue weighted by molar-refractivity contribution is -0.133. The van der Waals surface area contributed by atoms with Gasteiger partial charge in [-0.2, -0.15) is 4.98 Å². The van der Waals surface area contributed by atoms with Gasteiger partial charge in [0.05, 0.1) is 0 Å². The number of amides is 1. The molecule has 0 spiro atoms. The van der Waals surface area contributed by atoms with E-state index in [1.165, 1.54) is 32.1 Å². The third kappa shape index (κ3) is 4.58. The highest BCUT2D eigenvalue weighted by Gasteiger charge is 2.42. The summed E-state index contributed by atoms with van der Waals surface area (Å²) in [6.45, 7) is 2.27. The Morgan fingerprint density at radius 3 is 2.61 bits per heavy atom. The summed E-state index contributed by atoms with van der Waals surface area (Å²) in [6, 6.07) is 0. The van der Waals surface area contributed by atoms with Crippen molar-refractivity contribution in [3.63, 3.8) is 0 Å². The van der Waals surface area contributed by atoms with Crippen molar-refractivity contribution in [2.45, 2.75) is 88.4 Å². The Kier molecular flexibility index (Phi) is 6.34. The van der Waals surface area contributed by atoms with E-state index in [-0.39, 0.29) is 5.41 Å². The van der Waals surface area contributed by atoms with Crippen LogP contribution in [0, 0.1) is 5.92 Å². The van der Waals surface area contributed by atoms with Crippen LogP contribution in [0.4, 0.5) is 0 Å². The lowest BCUT2D eigenvalue weighted by atomic mass is 9.75. The molecule has 0 radical (unpaired) electrons. The Morgan fingerprint density at radius 1 is 1.18 bits per heavy atom. The van der Waals surface area contributed by atoms with Crippen molar-refractivity contribution in [3.05, 3.63) is 11.7 Å². The van der Waals surface area contributed by atoms with Crippen LogP contribution in [0.3, 0.4) is 0 Å². The van der Waals surface area contributed by atoms with E-state index < -0.39 is 0 Å². The molecule has 28 heavy (non-hydrogen) atoms. The minimum atomic E-state index is -0.118. The molecule has 2 heterocycles. The lowest BCUT2D eigenvalue weighted by Gasteiger charge is -2.40. The van der Waals surface area contributed by atoms with Gasteiger partial charge in [0.25, 0.3) is 0 Å². The van der Waals surface area contributed by atoms with Crippen LogP contribution in [-0.4, -0.2) is 47.8 Å². The van der Waals surface area contributed by atoms with Crippen molar-refractivity contribution < 1.29 is 14.1 Å². The van der Waals surface area contributed by atoms with Gasteiger partial charge in [0, 0.05) is 44.6 Å². The number of piperidine rings is 1. The van der Waals surface area contributed by atoms with Crippen molar-refractivity contribution in [1.29, 1.82) is 0 Å². The van der Waals surface area contributed by atoms with Crippen LogP contribution in [-0.2, 0) is 14.9 Å². The summed E-state index contributed by atoms with van der Waals surface area (Å²) >= 11 is 0. The highest BCUT2D eigenvalue weighted by Crippen LogP contribution is 2.42. The topological polar surface area (TPSA) is 68.5 Å². The summed E-state index contributed by atoms with van der Waals surface area (Å²) in [5.41, 5.74) is -0.118. The smallest absolute Gasteiger partial charge is 0.229 e. The van der Waals surface area contributed by atoms with Gasteiger partial charge in [0.15, 0.2) is 5.82 Å².